The molecular weight excluding hydrogens is 430 g/mol. The van der Waals surface area contributed by atoms with E-state index in [0.717, 1.165) is 25.0 Å². The maximum Gasteiger partial charge on any atom is 0.339 e. The monoisotopic (exact) mass is 461 g/mol. The lowest BCUT2D eigenvalue weighted by atomic mass is 10.1. The van der Waals surface area contributed by atoms with E-state index >= 15 is 0 Å². The molecule has 0 aromatic heterocycles. The Labute approximate surface area is 190 Å². The van der Waals surface area contributed by atoms with Gasteiger partial charge >= 0.3 is 10.1 Å². The van der Waals surface area contributed by atoms with Gasteiger partial charge in [-0.2, -0.15) is 8.42 Å². The third kappa shape index (κ3) is 6.71. The van der Waals surface area contributed by atoms with Gasteiger partial charge in [0.1, 0.15) is 16.4 Å². The van der Waals surface area contributed by atoms with Crippen molar-refractivity contribution in [3.63, 3.8) is 0 Å². The molecule has 2 aromatic carbocycles. The first-order chi connectivity index (χ1) is 15.3. The Morgan fingerprint density at radius 3 is 2.53 bits per heavy atom. The van der Waals surface area contributed by atoms with Crippen molar-refractivity contribution in [3.8, 4) is 11.5 Å². The Hall–Kier alpha value is -2.58. The SMILES string of the molecule is COc1ccc(S(=O)(=O)Oc2cccc(CN(CC3CCCO3)C(=O)CC(C)C)c2)cc1. The molecule has 0 spiro atoms. The Morgan fingerprint density at radius 1 is 1.16 bits per heavy atom. The smallest absolute Gasteiger partial charge is 0.339 e. The Balaban J connectivity index is 1.74. The molecular formula is C24H31NO6S. The van der Waals surface area contributed by atoms with Crippen LogP contribution in [0.15, 0.2) is 53.4 Å². The molecule has 1 amide bonds. The maximum absolute atomic E-state index is 12.8. The Bertz CT molecular complexity index is 997. The predicted molar refractivity (Wildman–Crippen MR) is 121 cm³/mol. The first-order valence-electron chi connectivity index (χ1n) is 10.8. The van der Waals surface area contributed by atoms with Crippen LogP contribution in [-0.2, 0) is 26.2 Å². The van der Waals surface area contributed by atoms with Crippen molar-refractivity contribution in [2.45, 2.75) is 50.7 Å². The lowest BCUT2D eigenvalue weighted by molar-refractivity contribution is -0.134. The van der Waals surface area contributed by atoms with Gasteiger partial charge in [0.05, 0.1) is 13.2 Å². The average Bonchev–Trinajstić information content (AvgIpc) is 3.26. The number of carbonyl (C=O) groups is 1. The van der Waals surface area contributed by atoms with Gasteiger partial charge in [-0.15, -0.1) is 0 Å². The summed E-state index contributed by atoms with van der Waals surface area (Å²) >= 11 is 0. The molecule has 8 heteroatoms. The second-order valence-electron chi connectivity index (χ2n) is 8.37. The lowest BCUT2D eigenvalue weighted by Crippen LogP contribution is -2.37. The maximum atomic E-state index is 12.8. The minimum absolute atomic E-state index is 0.0378. The van der Waals surface area contributed by atoms with Crippen LogP contribution in [0.2, 0.25) is 0 Å². The average molecular weight is 462 g/mol. The van der Waals surface area contributed by atoms with E-state index in [4.69, 9.17) is 13.7 Å². The summed E-state index contributed by atoms with van der Waals surface area (Å²) in [6.45, 7) is 5.65. The van der Waals surface area contributed by atoms with Crippen LogP contribution in [0.5, 0.6) is 11.5 Å². The zero-order valence-corrected chi connectivity index (χ0v) is 19.6. The molecule has 32 heavy (non-hydrogen) atoms. The summed E-state index contributed by atoms with van der Waals surface area (Å²) in [5.41, 5.74) is 0.794. The number of hydrogen-bond acceptors (Lipinski definition) is 6. The van der Waals surface area contributed by atoms with Crippen LogP contribution < -0.4 is 8.92 Å². The van der Waals surface area contributed by atoms with Gasteiger partial charge < -0.3 is 18.6 Å². The topological polar surface area (TPSA) is 82.1 Å². The molecule has 1 fully saturated rings. The summed E-state index contributed by atoms with van der Waals surface area (Å²) in [5, 5.41) is 0. The zero-order valence-electron chi connectivity index (χ0n) is 18.8. The van der Waals surface area contributed by atoms with Crippen LogP contribution in [0.4, 0.5) is 0 Å². The Morgan fingerprint density at radius 2 is 1.91 bits per heavy atom. The predicted octanol–water partition coefficient (Wildman–Crippen LogP) is 4.02. The number of carbonyl (C=O) groups excluding carboxylic acids is 1. The van der Waals surface area contributed by atoms with Gasteiger partial charge in [0.15, 0.2) is 0 Å². The second-order valence-corrected chi connectivity index (χ2v) is 9.91. The van der Waals surface area contributed by atoms with Gasteiger partial charge in [-0.1, -0.05) is 26.0 Å². The van der Waals surface area contributed by atoms with Crippen molar-refractivity contribution < 1.29 is 26.9 Å². The van der Waals surface area contributed by atoms with E-state index in [0.29, 0.717) is 25.3 Å². The van der Waals surface area contributed by atoms with Crippen LogP contribution in [0.1, 0.15) is 38.7 Å². The number of benzene rings is 2. The van der Waals surface area contributed by atoms with Crippen LogP contribution in [-0.4, -0.2) is 45.6 Å². The van der Waals surface area contributed by atoms with E-state index in [1.165, 1.54) is 19.2 Å². The summed E-state index contributed by atoms with van der Waals surface area (Å²) in [5.74, 6) is 1.07. The minimum atomic E-state index is -3.99. The number of ether oxygens (including phenoxy) is 2. The number of methoxy groups -OCH3 is 1. The molecule has 3 rings (SSSR count). The Kier molecular flexibility index (Phi) is 8.15. The van der Waals surface area contributed by atoms with Crippen molar-refractivity contribution in [1.82, 2.24) is 4.90 Å². The van der Waals surface area contributed by atoms with E-state index in [1.807, 2.05) is 19.9 Å². The molecule has 1 aliphatic heterocycles. The van der Waals surface area contributed by atoms with E-state index in [1.54, 1.807) is 35.2 Å². The molecule has 174 valence electrons. The van der Waals surface area contributed by atoms with Crippen molar-refractivity contribution in [2.24, 2.45) is 5.92 Å². The largest absolute Gasteiger partial charge is 0.497 e. The van der Waals surface area contributed by atoms with Gasteiger partial charge in [0.25, 0.3) is 0 Å². The summed E-state index contributed by atoms with van der Waals surface area (Å²) in [6.07, 6.45) is 2.44. The quantitative estimate of drug-likeness (QED) is 0.497. The molecule has 0 aliphatic carbocycles. The standard InChI is InChI=1S/C24H31NO6S/c1-18(2)14-24(26)25(17-22-8-5-13-30-22)16-19-6-4-7-21(15-19)31-32(27,28)23-11-9-20(29-3)10-12-23/h4,6-7,9-12,15,18,22H,5,8,13-14,16-17H2,1-3H3. The number of rotatable bonds is 10. The number of hydrogen-bond donors (Lipinski definition) is 0. The van der Waals surface area contributed by atoms with Crippen LogP contribution >= 0.6 is 0 Å². The molecule has 1 atom stereocenters. The highest BCUT2D eigenvalue weighted by Gasteiger charge is 2.24. The summed E-state index contributed by atoms with van der Waals surface area (Å²) in [7, 11) is -2.48. The van der Waals surface area contributed by atoms with Crippen molar-refractivity contribution in [1.29, 1.82) is 0 Å². The summed E-state index contributed by atoms with van der Waals surface area (Å²) < 4.78 is 41.4. The summed E-state index contributed by atoms with van der Waals surface area (Å²) in [6, 6.07) is 12.8. The molecule has 7 nitrogen and oxygen atoms in total. The van der Waals surface area contributed by atoms with Gasteiger partial charge in [-0.3, -0.25) is 4.79 Å². The van der Waals surface area contributed by atoms with Gasteiger partial charge in [0, 0.05) is 26.1 Å². The van der Waals surface area contributed by atoms with E-state index in [9.17, 15) is 13.2 Å². The first kappa shape index (κ1) is 24.1. The molecule has 0 saturated carbocycles. The third-order valence-corrected chi connectivity index (χ3v) is 6.47. The molecule has 0 radical (unpaired) electrons. The fraction of sp³-hybridized carbons (Fsp3) is 0.458. The molecule has 1 heterocycles. The van der Waals surface area contributed by atoms with E-state index in [-0.39, 0.29) is 28.6 Å². The number of amides is 1. The second kappa shape index (κ2) is 10.8. The number of nitrogens with zero attached hydrogens (tertiary/aromatic N) is 1. The molecule has 0 N–H and O–H groups in total. The van der Waals surface area contributed by atoms with E-state index < -0.39 is 10.1 Å². The lowest BCUT2D eigenvalue weighted by Gasteiger charge is -2.26. The zero-order chi connectivity index (χ0) is 23.1. The molecule has 1 aliphatic rings. The highest BCUT2D eigenvalue weighted by Crippen LogP contribution is 2.23. The fourth-order valence-corrected chi connectivity index (χ4v) is 4.52. The van der Waals surface area contributed by atoms with Crippen LogP contribution in [0.3, 0.4) is 0 Å². The highest BCUT2D eigenvalue weighted by molar-refractivity contribution is 7.87. The minimum Gasteiger partial charge on any atom is -0.497 e. The van der Waals surface area contributed by atoms with Crippen LogP contribution in [0.25, 0.3) is 0 Å². The van der Waals surface area contributed by atoms with Gasteiger partial charge in [-0.05, 0) is 60.7 Å². The van der Waals surface area contributed by atoms with Gasteiger partial charge in [-0.25, -0.2) is 0 Å². The molecule has 1 unspecified atom stereocenters. The molecule has 2 aromatic rings. The fourth-order valence-electron chi connectivity index (χ4n) is 3.60. The normalized spacial score (nSPS) is 16.2. The van der Waals surface area contributed by atoms with Crippen molar-refractivity contribution >= 4 is 16.0 Å². The summed E-state index contributed by atoms with van der Waals surface area (Å²) in [4.78, 5) is 14.7. The van der Waals surface area contributed by atoms with Crippen molar-refractivity contribution in [2.75, 3.05) is 20.3 Å². The molecule has 1 saturated heterocycles. The van der Waals surface area contributed by atoms with Gasteiger partial charge in [0.2, 0.25) is 5.91 Å². The third-order valence-electron chi connectivity index (χ3n) is 5.21. The van der Waals surface area contributed by atoms with Crippen LogP contribution in [0, 0.1) is 5.92 Å². The van der Waals surface area contributed by atoms with E-state index in [2.05, 4.69) is 0 Å². The molecule has 0 bridgehead atoms. The first-order valence-corrected chi connectivity index (χ1v) is 12.2. The highest BCUT2D eigenvalue weighted by atomic mass is 32.2. The van der Waals surface area contributed by atoms with Crippen molar-refractivity contribution in [3.05, 3.63) is 54.1 Å².